The van der Waals surface area contributed by atoms with Crippen molar-refractivity contribution < 1.29 is 4.74 Å². The van der Waals surface area contributed by atoms with E-state index in [0.29, 0.717) is 17.5 Å². The van der Waals surface area contributed by atoms with Crippen LogP contribution >= 0.6 is 0 Å². The van der Waals surface area contributed by atoms with E-state index in [4.69, 9.17) is 4.74 Å². The molecule has 1 heterocycles. The van der Waals surface area contributed by atoms with Crippen LogP contribution in [0.3, 0.4) is 0 Å². The summed E-state index contributed by atoms with van der Waals surface area (Å²) in [5.41, 5.74) is 0.536. The van der Waals surface area contributed by atoms with E-state index in [9.17, 15) is 0 Å². The van der Waals surface area contributed by atoms with Gasteiger partial charge in [-0.05, 0) is 57.5 Å². The normalized spacial score (nSPS) is 38.9. The van der Waals surface area contributed by atoms with Gasteiger partial charge in [-0.1, -0.05) is 20.8 Å². The lowest BCUT2D eigenvalue weighted by atomic mass is 9.72. The van der Waals surface area contributed by atoms with E-state index in [1.54, 1.807) is 0 Å². The van der Waals surface area contributed by atoms with Crippen LogP contribution in [0.5, 0.6) is 0 Å². The zero-order valence-electron chi connectivity index (χ0n) is 14.2. The maximum atomic E-state index is 5.78. The van der Waals surface area contributed by atoms with Crippen molar-refractivity contribution in [1.82, 2.24) is 10.2 Å². The molecule has 20 heavy (non-hydrogen) atoms. The molecule has 2 aliphatic rings. The fraction of sp³-hybridized carbons (Fsp3) is 1.00. The first-order valence-electron chi connectivity index (χ1n) is 8.42. The molecular formula is C17H34N2O. The molecule has 1 N–H and O–H groups in total. The number of piperidine rings is 1. The van der Waals surface area contributed by atoms with Gasteiger partial charge in [0.15, 0.2) is 0 Å². The average Bonchev–Trinajstić information content (AvgIpc) is 2.41. The molecule has 1 aliphatic carbocycles. The van der Waals surface area contributed by atoms with Gasteiger partial charge in [0.1, 0.15) is 0 Å². The number of nitrogens with one attached hydrogen (secondary N) is 1. The van der Waals surface area contributed by atoms with E-state index in [2.05, 4.69) is 37.9 Å². The van der Waals surface area contributed by atoms with Crippen molar-refractivity contribution in [2.45, 2.75) is 77.5 Å². The molecule has 3 nitrogen and oxygen atoms in total. The molecule has 0 spiro atoms. The minimum absolute atomic E-state index is 0.0522. The van der Waals surface area contributed by atoms with Crippen molar-refractivity contribution in [3.05, 3.63) is 0 Å². The van der Waals surface area contributed by atoms with E-state index in [-0.39, 0.29) is 5.60 Å². The summed E-state index contributed by atoms with van der Waals surface area (Å²) in [4.78, 5) is 2.71. The lowest BCUT2D eigenvalue weighted by Crippen LogP contribution is -2.59. The second kappa shape index (κ2) is 6.33. The van der Waals surface area contributed by atoms with Crippen LogP contribution in [0.1, 0.15) is 59.8 Å². The predicted molar refractivity (Wildman–Crippen MR) is 85.1 cm³/mol. The molecule has 118 valence electrons. The fourth-order valence-corrected chi connectivity index (χ4v) is 4.13. The van der Waals surface area contributed by atoms with Gasteiger partial charge in [-0.25, -0.2) is 0 Å². The first-order valence-corrected chi connectivity index (χ1v) is 8.42. The summed E-state index contributed by atoms with van der Waals surface area (Å²) in [6.07, 6.45) is 6.43. The molecule has 1 aliphatic heterocycles. The standard InChI is InChI=1S/C17H34N2O/c1-6-18-14-8-10-16(2,3)12-15(14)19-11-7-9-17(4,13-19)20-5/h14-15,18H,6-13H2,1-5H3. The van der Waals surface area contributed by atoms with E-state index in [1.165, 1.54) is 38.6 Å². The van der Waals surface area contributed by atoms with E-state index < -0.39 is 0 Å². The second-order valence-electron chi connectivity index (χ2n) is 7.87. The lowest BCUT2D eigenvalue weighted by molar-refractivity contribution is -0.0746. The molecule has 0 aromatic rings. The van der Waals surface area contributed by atoms with Crippen LogP contribution in [0.15, 0.2) is 0 Å². The van der Waals surface area contributed by atoms with Gasteiger partial charge in [0.05, 0.1) is 5.60 Å². The molecule has 3 heteroatoms. The zero-order chi connectivity index (χ0) is 14.8. The summed E-state index contributed by atoms with van der Waals surface area (Å²) < 4.78 is 5.78. The summed E-state index contributed by atoms with van der Waals surface area (Å²) in [6.45, 7) is 12.8. The number of methoxy groups -OCH3 is 1. The number of ether oxygens (including phenoxy) is 1. The van der Waals surface area contributed by atoms with Crippen LogP contribution in [-0.4, -0.2) is 49.3 Å². The summed E-state index contributed by atoms with van der Waals surface area (Å²) in [6, 6.07) is 1.33. The summed E-state index contributed by atoms with van der Waals surface area (Å²) in [5.74, 6) is 0. The Morgan fingerprint density at radius 2 is 2.00 bits per heavy atom. The Morgan fingerprint density at radius 3 is 2.65 bits per heavy atom. The van der Waals surface area contributed by atoms with Gasteiger partial charge in [-0.15, -0.1) is 0 Å². The van der Waals surface area contributed by atoms with Gasteiger partial charge in [0.2, 0.25) is 0 Å². The Hall–Kier alpha value is -0.120. The Labute approximate surface area is 125 Å². The van der Waals surface area contributed by atoms with Crippen LogP contribution in [-0.2, 0) is 4.74 Å². The van der Waals surface area contributed by atoms with Crippen LogP contribution in [0, 0.1) is 5.41 Å². The number of hydrogen-bond acceptors (Lipinski definition) is 3. The summed E-state index contributed by atoms with van der Waals surface area (Å²) in [5, 5.41) is 3.73. The monoisotopic (exact) mass is 282 g/mol. The quantitative estimate of drug-likeness (QED) is 0.858. The summed E-state index contributed by atoms with van der Waals surface area (Å²) in [7, 11) is 1.87. The maximum Gasteiger partial charge on any atom is 0.0777 e. The Kier molecular flexibility index (Phi) is 5.14. The minimum atomic E-state index is 0.0522. The van der Waals surface area contributed by atoms with Gasteiger partial charge in [-0.3, -0.25) is 4.90 Å². The van der Waals surface area contributed by atoms with Crippen LogP contribution in [0.4, 0.5) is 0 Å². The Morgan fingerprint density at radius 1 is 1.25 bits per heavy atom. The van der Waals surface area contributed by atoms with E-state index >= 15 is 0 Å². The third-order valence-electron chi connectivity index (χ3n) is 5.47. The minimum Gasteiger partial charge on any atom is -0.377 e. The van der Waals surface area contributed by atoms with Gasteiger partial charge < -0.3 is 10.1 Å². The molecule has 3 unspecified atom stereocenters. The number of nitrogens with zero attached hydrogens (tertiary/aromatic N) is 1. The first kappa shape index (κ1) is 16.3. The first-order chi connectivity index (χ1) is 9.39. The highest BCUT2D eigenvalue weighted by molar-refractivity contribution is 4.97. The van der Waals surface area contributed by atoms with Crippen molar-refractivity contribution in [3.63, 3.8) is 0 Å². The Balaban J connectivity index is 2.09. The molecule has 1 saturated carbocycles. The average molecular weight is 282 g/mol. The largest absolute Gasteiger partial charge is 0.377 e. The van der Waals surface area contributed by atoms with Crippen molar-refractivity contribution in [1.29, 1.82) is 0 Å². The van der Waals surface area contributed by atoms with Gasteiger partial charge >= 0.3 is 0 Å². The molecule has 0 bridgehead atoms. The van der Waals surface area contributed by atoms with Crippen LogP contribution in [0.25, 0.3) is 0 Å². The molecule has 0 aromatic carbocycles. The molecule has 2 fully saturated rings. The summed E-state index contributed by atoms with van der Waals surface area (Å²) >= 11 is 0. The second-order valence-corrected chi connectivity index (χ2v) is 7.87. The molecule has 0 radical (unpaired) electrons. The van der Waals surface area contributed by atoms with Crippen molar-refractivity contribution >= 4 is 0 Å². The predicted octanol–water partition coefficient (Wildman–Crippen LogP) is 3.04. The highest BCUT2D eigenvalue weighted by Gasteiger charge is 2.41. The Bertz CT molecular complexity index is 318. The van der Waals surface area contributed by atoms with Crippen molar-refractivity contribution in [2.75, 3.05) is 26.7 Å². The molecule has 0 aromatic heterocycles. The molecule has 3 atom stereocenters. The zero-order valence-corrected chi connectivity index (χ0v) is 14.2. The topological polar surface area (TPSA) is 24.5 Å². The van der Waals surface area contributed by atoms with Crippen LogP contribution < -0.4 is 5.32 Å². The third kappa shape index (κ3) is 3.75. The SMILES string of the molecule is CCNC1CCC(C)(C)CC1N1CCCC(C)(OC)C1. The molecular weight excluding hydrogens is 248 g/mol. The number of likely N-dealkylation sites (N-methyl/N-ethyl adjacent to an activating group) is 1. The number of likely N-dealkylation sites (tertiary alicyclic amines) is 1. The lowest BCUT2D eigenvalue weighted by Gasteiger charge is -2.50. The van der Waals surface area contributed by atoms with Crippen molar-refractivity contribution in [2.24, 2.45) is 5.41 Å². The van der Waals surface area contributed by atoms with Gasteiger partial charge in [-0.2, -0.15) is 0 Å². The molecule has 1 saturated heterocycles. The fourth-order valence-electron chi connectivity index (χ4n) is 4.13. The highest BCUT2D eigenvalue weighted by atomic mass is 16.5. The molecule has 0 amide bonds. The van der Waals surface area contributed by atoms with E-state index in [1.807, 2.05) is 7.11 Å². The van der Waals surface area contributed by atoms with Crippen LogP contribution in [0.2, 0.25) is 0 Å². The van der Waals surface area contributed by atoms with E-state index in [0.717, 1.165) is 13.1 Å². The molecule has 2 rings (SSSR count). The highest BCUT2D eigenvalue weighted by Crippen LogP contribution is 2.39. The maximum absolute atomic E-state index is 5.78. The number of rotatable bonds is 4. The third-order valence-corrected chi connectivity index (χ3v) is 5.47. The van der Waals surface area contributed by atoms with Gasteiger partial charge in [0.25, 0.3) is 0 Å². The van der Waals surface area contributed by atoms with Crippen molar-refractivity contribution in [3.8, 4) is 0 Å². The number of hydrogen-bond donors (Lipinski definition) is 1. The smallest absolute Gasteiger partial charge is 0.0777 e. The van der Waals surface area contributed by atoms with Gasteiger partial charge in [0, 0.05) is 25.7 Å².